The number of nitrogens with one attached hydrogen (secondary N) is 2. The third-order valence-electron chi connectivity index (χ3n) is 11.4. The summed E-state index contributed by atoms with van der Waals surface area (Å²) in [7, 11) is 0. The normalized spacial score (nSPS) is 24.5. The second-order valence-corrected chi connectivity index (χ2v) is 17.5. The molecule has 2 aromatic heterocycles. The van der Waals surface area contributed by atoms with Gasteiger partial charge in [0, 0.05) is 30.5 Å². The third-order valence-corrected chi connectivity index (χ3v) is 11.4. The van der Waals surface area contributed by atoms with E-state index in [1.165, 1.54) is 0 Å². The molecule has 2 saturated carbocycles. The second kappa shape index (κ2) is 11.4. The quantitative estimate of drug-likeness (QED) is 0.175. The molecule has 0 bridgehead atoms. The minimum Gasteiger partial charge on any atom is -0.444 e. The first-order valence-electron chi connectivity index (χ1n) is 18.7. The number of aromatic amines is 2. The summed E-state index contributed by atoms with van der Waals surface area (Å²) >= 11 is 0. The van der Waals surface area contributed by atoms with Gasteiger partial charge in [0.1, 0.15) is 33.9 Å². The number of rotatable bonds is 5. The van der Waals surface area contributed by atoms with E-state index in [-0.39, 0.29) is 24.0 Å². The fourth-order valence-electron chi connectivity index (χ4n) is 8.65. The number of nitrogens with zero attached hydrogens (tertiary/aromatic N) is 4. The van der Waals surface area contributed by atoms with Crippen molar-refractivity contribution in [3.8, 4) is 33.6 Å². The highest BCUT2D eigenvalue weighted by Crippen LogP contribution is 2.65. The van der Waals surface area contributed by atoms with Gasteiger partial charge in [-0.05, 0) is 94.0 Å². The van der Waals surface area contributed by atoms with Gasteiger partial charge < -0.3 is 19.4 Å². The molecule has 2 aliphatic carbocycles. The summed E-state index contributed by atoms with van der Waals surface area (Å²) < 4.78 is 11.5. The van der Waals surface area contributed by atoms with Crippen LogP contribution in [0.2, 0.25) is 0 Å². The van der Waals surface area contributed by atoms with Gasteiger partial charge in [0.05, 0.1) is 23.8 Å². The van der Waals surface area contributed by atoms with E-state index in [1.807, 2.05) is 53.9 Å². The van der Waals surface area contributed by atoms with Crippen LogP contribution in [0.25, 0.3) is 44.4 Å². The molecule has 2 aliphatic heterocycles. The topological polar surface area (TPSA) is 116 Å². The summed E-state index contributed by atoms with van der Waals surface area (Å²) in [5, 5.41) is 2.25. The van der Waals surface area contributed by atoms with Crippen LogP contribution >= 0.6 is 0 Å². The first kappa shape index (κ1) is 34.1. The highest BCUT2D eigenvalue weighted by atomic mass is 16.6. The molecule has 4 heterocycles. The molecule has 9 rings (SSSR count). The summed E-state index contributed by atoms with van der Waals surface area (Å²) in [6.45, 7) is 20.7. The predicted octanol–water partition coefficient (Wildman–Crippen LogP) is 9.33. The summed E-state index contributed by atoms with van der Waals surface area (Å²) in [4.78, 5) is 46.6. The van der Waals surface area contributed by atoms with Crippen molar-refractivity contribution in [1.82, 2.24) is 29.7 Å². The van der Waals surface area contributed by atoms with Gasteiger partial charge in [-0.2, -0.15) is 0 Å². The standard InChI is InChI=1S/C44H46N6O4/c1-25-23-49(39(51)53-41(3,4)5)43(19-33(25)43)37-45-21-35(47-37)28-11-9-27(10-12-28)29-13-14-31-18-32(16-15-30(31)17-29)36-22-46-38(48-36)44-20-34(44)26(2)24-50(44)40(52)54-42(6,7)8/h9-18,21-22,33-34H,1-2,19-20,23-24H2,3-8H3,(H,45,47)(H,46,48)/t33?,34-,43?,44?/m1/s1. The number of aromatic nitrogens is 4. The Bertz CT molecular complexity index is 2390. The molecule has 5 aromatic rings. The van der Waals surface area contributed by atoms with Gasteiger partial charge in [-0.25, -0.2) is 19.6 Å². The molecule has 2 N–H and O–H groups in total. The zero-order chi connectivity index (χ0) is 37.9. The van der Waals surface area contributed by atoms with Crippen LogP contribution in [-0.2, 0) is 20.6 Å². The van der Waals surface area contributed by atoms with Gasteiger partial charge >= 0.3 is 12.2 Å². The van der Waals surface area contributed by atoms with Crippen LogP contribution in [0.1, 0.15) is 66.0 Å². The molecule has 2 amide bonds. The Morgan fingerprint density at radius 2 is 1.06 bits per heavy atom. The number of piperidine rings is 2. The molecule has 4 fully saturated rings. The summed E-state index contributed by atoms with van der Waals surface area (Å²) in [6, 6.07) is 21.4. The first-order valence-corrected chi connectivity index (χ1v) is 18.7. The number of hydrogen-bond acceptors (Lipinski definition) is 6. The number of benzene rings is 3. The van der Waals surface area contributed by atoms with Crippen molar-refractivity contribution in [2.75, 3.05) is 13.1 Å². The van der Waals surface area contributed by atoms with Gasteiger partial charge in [0.15, 0.2) is 0 Å². The molecule has 54 heavy (non-hydrogen) atoms. The fourth-order valence-corrected chi connectivity index (χ4v) is 8.65. The lowest BCUT2D eigenvalue weighted by Gasteiger charge is -2.30. The number of H-pyrrole nitrogens is 2. The van der Waals surface area contributed by atoms with E-state index in [9.17, 15) is 9.59 Å². The van der Waals surface area contributed by atoms with E-state index in [0.717, 1.165) is 80.1 Å². The molecule has 4 aliphatic rings. The van der Waals surface area contributed by atoms with Crippen molar-refractivity contribution in [3.05, 3.63) is 109 Å². The Labute approximate surface area is 315 Å². The number of carbonyl (C=O) groups excluding carboxylic acids is 2. The van der Waals surface area contributed by atoms with Gasteiger partial charge in [-0.3, -0.25) is 9.80 Å². The van der Waals surface area contributed by atoms with Gasteiger partial charge in [-0.1, -0.05) is 72.8 Å². The molecule has 3 unspecified atom stereocenters. The monoisotopic (exact) mass is 722 g/mol. The Balaban J connectivity index is 0.915. The van der Waals surface area contributed by atoms with Crippen molar-refractivity contribution in [2.24, 2.45) is 11.8 Å². The van der Waals surface area contributed by atoms with E-state index in [4.69, 9.17) is 19.4 Å². The molecule has 276 valence electrons. The van der Waals surface area contributed by atoms with E-state index in [2.05, 4.69) is 83.8 Å². The number of amides is 2. The number of imidazole rings is 2. The molecule has 3 aromatic carbocycles. The summed E-state index contributed by atoms with van der Waals surface area (Å²) in [6.07, 6.45) is 4.65. The maximum atomic E-state index is 13.2. The zero-order valence-electron chi connectivity index (χ0n) is 31.7. The SMILES string of the molecule is C=C1CN(C(=O)OC(C)(C)C)C2(c3ncc(-c4ccc(-c5ccc6cc(-c7cnc(C89C[C@@H]8C(=C)CN9C(=O)OC(C)(C)C)[nH]7)ccc6c5)cc4)[nH]3)CC12. The molecule has 0 spiro atoms. The molecule has 0 radical (unpaired) electrons. The molecular weight excluding hydrogens is 677 g/mol. The van der Waals surface area contributed by atoms with Crippen LogP contribution in [0.15, 0.2) is 97.4 Å². The number of carbonyl (C=O) groups is 2. The maximum Gasteiger partial charge on any atom is 0.411 e. The summed E-state index contributed by atoms with van der Waals surface area (Å²) in [5.74, 6) is 1.93. The van der Waals surface area contributed by atoms with Crippen molar-refractivity contribution < 1.29 is 19.1 Å². The highest BCUT2D eigenvalue weighted by Gasteiger charge is 2.70. The summed E-state index contributed by atoms with van der Waals surface area (Å²) in [5.41, 5.74) is 5.97. The minimum atomic E-state index is -0.582. The molecule has 10 nitrogen and oxygen atoms in total. The van der Waals surface area contributed by atoms with Crippen LogP contribution in [0, 0.1) is 11.8 Å². The lowest BCUT2D eigenvalue weighted by Crippen LogP contribution is -2.42. The van der Waals surface area contributed by atoms with Crippen LogP contribution in [0.5, 0.6) is 0 Å². The molecule has 2 saturated heterocycles. The second-order valence-electron chi connectivity index (χ2n) is 17.5. The average molecular weight is 723 g/mol. The van der Waals surface area contributed by atoms with Crippen molar-refractivity contribution >= 4 is 23.0 Å². The largest absolute Gasteiger partial charge is 0.444 e. The number of ether oxygens (including phenoxy) is 2. The lowest BCUT2D eigenvalue weighted by molar-refractivity contribution is 0.0157. The van der Waals surface area contributed by atoms with Crippen LogP contribution in [0.4, 0.5) is 9.59 Å². The van der Waals surface area contributed by atoms with Crippen molar-refractivity contribution in [2.45, 2.75) is 76.7 Å². The number of fused-ring (bicyclic) bond motifs is 3. The van der Waals surface area contributed by atoms with E-state index < -0.39 is 22.3 Å². The third kappa shape index (κ3) is 5.44. The Morgan fingerprint density at radius 3 is 1.52 bits per heavy atom. The first-order chi connectivity index (χ1) is 25.6. The number of likely N-dealkylation sites (tertiary alicyclic amines) is 2. The highest BCUT2D eigenvalue weighted by molar-refractivity contribution is 5.90. The van der Waals surface area contributed by atoms with Gasteiger partial charge in [-0.15, -0.1) is 0 Å². The molecule has 10 heteroatoms. The molecule has 4 atom stereocenters. The molecular formula is C44H46N6O4. The smallest absolute Gasteiger partial charge is 0.411 e. The predicted molar refractivity (Wildman–Crippen MR) is 208 cm³/mol. The van der Waals surface area contributed by atoms with E-state index >= 15 is 0 Å². The number of hydrogen-bond donors (Lipinski definition) is 2. The van der Waals surface area contributed by atoms with Gasteiger partial charge in [0.25, 0.3) is 0 Å². The van der Waals surface area contributed by atoms with Crippen LogP contribution in [-0.4, -0.2) is 66.2 Å². The van der Waals surface area contributed by atoms with Crippen LogP contribution in [0.3, 0.4) is 0 Å². The minimum absolute atomic E-state index is 0.185. The fraction of sp³-hybridized carbons (Fsp3) is 0.364. The zero-order valence-corrected chi connectivity index (χ0v) is 31.7. The Kier molecular flexibility index (Phi) is 7.23. The maximum absolute atomic E-state index is 13.2. The van der Waals surface area contributed by atoms with E-state index in [1.54, 1.807) is 9.80 Å². The Morgan fingerprint density at radius 1 is 0.648 bits per heavy atom. The van der Waals surface area contributed by atoms with Crippen molar-refractivity contribution in [3.63, 3.8) is 0 Å². The van der Waals surface area contributed by atoms with Gasteiger partial charge in [0.2, 0.25) is 0 Å². The lowest BCUT2D eigenvalue weighted by atomic mass is 9.98. The van der Waals surface area contributed by atoms with E-state index in [0.29, 0.717) is 13.1 Å². The van der Waals surface area contributed by atoms with Crippen LogP contribution < -0.4 is 0 Å². The average Bonchev–Trinajstić information content (AvgIpc) is 3.73. The van der Waals surface area contributed by atoms with Crippen molar-refractivity contribution in [1.29, 1.82) is 0 Å². The Hall–Kier alpha value is -5.64.